The summed E-state index contributed by atoms with van der Waals surface area (Å²) < 4.78 is 21.0. The highest BCUT2D eigenvalue weighted by Crippen LogP contribution is 2.36. The van der Waals surface area contributed by atoms with E-state index in [1.165, 1.54) is 12.1 Å². The predicted molar refractivity (Wildman–Crippen MR) is 93.8 cm³/mol. The van der Waals surface area contributed by atoms with E-state index in [9.17, 15) is 9.18 Å². The van der Waals surface area contributed by atoms with Crippen molar-refractivity contribution in [1.29, 1.82) is 0 Å². The molecule has 3 nitrogen and oxygen atoms in total. The summed E-state index contributed by atoms with van der Waals surface area (Å²) in [6.07, 6.45) is 0. The molecule has 0 aliphatic carbocycles. The summed E-state index contributed by atoms with van der Waals surface area (Å²) in [7, 11) is 1.96. The first-order chi connectivity index (χ1) is 11.6. The second-order valence-corrected chi connectivity index (χ2v) is 5.81. The lowest BCUT2D eigenvalue weighted by molar-refractivity contribution is 0.0529. The number of para-hydroxylation sites is 1. The number of hydrogen-bond donors (Lipinski definition) is 0. The molecule has 4 aromatic rings. The Morgan fingerprint density at radius 3 is 2.71 bits per heavy atom. The van der Waals surface area contributed by atoms with Gasteiger partial charge in [0.05, 0.1) is 17.7 Å². The van der Waals surface area contributed by atoms with Gasteiger partial charge < -0.3 is 9.30 Å². The summed E-state index contributed by atoms with van der Waals surface area (Å²) in [5.41, 5.74) is 2.41. The van der Waals surface area contributed by atoms with Gasteiger partial charge in [0.15, 0.2) is 0 Å². The number of nitrogens with zero attached hydrogens (tertiary/aromatic N) is 1. The summed E-state index contributed by atoms with van der Waals surface area (Å²) in [5, 5.41) is 3.45. The highest BCUT2D eigenvalue weighted by atomic mass is 19.1. The molecular weight excluding hydrogens is 305 g/mol. The van der Waals surface area contributed by atoms with Crippen LogP contribution < -0.4 is 0 Å². The minimum Gasteiger partial charge on any atom is -0.462 e. The third kappa shape index (κ3) is 1.99. The van der Waals surface area contributed by atoms with Crippen LogP contribution in [0.2, 0.25) is 0 Å². The number of halogens is 1. The minimum absolute atomic E-state index is 0.298. The van der Waals surface area contributed by atoms with E-state index in [-0.39, 0.29) is 11.8 Å². The van der Waals surface area contributed by atoms with E-state index in [1.54, 1.807) is 19.1 Å². The number of aromatic nitrogens is 1. The quantitative estimate of drug-likeness (QED) is 0.497. The van der Waals surface area contributed by atoms with Gasteiger partial charge in [-0.1, -0.05) is 18.2 Å². The average molecular weight is 321 g/mol. The van der Waals surface area contributed by atoms with Gasteiger partial charge in [0.2, 0.25) is 0 Å². The van der Waals surface area contributed by atoms with Crippen molar-refractivity contribution in [2.24, 2.45) is 7.05 Å². The van der Waals surface area contributed by atoms with Gasteiger partial charge in [-0.15, -0.1) is 0 Å². The fraction of sp³-hybridized carbons (Fsp3) is 0.150. The number of aryl methyl sites for hydroxylation is 1. The SMILES string of the molecule is CCOC(=O)c1cc2cc(F)ccc2c2c1c1ccccc1n2C. The maximum atomic E-state index is 13.7. The third-order valence-electron chi connectivity index (χ3n) is 4.44. The molecule has 4 heteroatoms. The van der Waals surface area contributed by atoms with Crippen molar-refractivity contribution in [3.63, 3.8) is 0 Å². The lowest BCUT2D eigenvalue weighted by Crippen LogP contribution is -2.05. The Hall–Kier alpha value is -2.88. The molecular formula is C20H16FNO2. The molecule has 24 heavy (non-hydrogen) atoms. The van der Waals surface area contributed by atoms with Crippen LogP contribution in [0, 0.1) is 5.82 Å². The van der Waals surface area contributed by atoms with Crippen molar-refractivity contribution in [3.05, 3.63) is 59.9 Å². The van der Waals surface area contributed by atoms with Crippen LogP contribution in [0.1, 0.15) is 17.3 Å². The number of benzene rings is 3. The summed E-state index contributed by atoms with van der Waals surface area (Å²) in [6, 6.07) is 14.3. The molecule has 3 aromatic carbocycles. The van der Waals surface area contributed by atoms with Crippen LogP contribution in [0.15, 0.2) is 48.5 Å². The van der Waals surface area contributed by atoms with Crippen LogP contribution >= 0.6 is 0 Å². The van der Waals surface area contributed by atoms with Gasteiger partial charge in [-0.25, -0.2) is 9.18 Å². The van der Waals surface area contributed by atoms with E-state index in [4.69, 9.17) is 4.74 Å². The van der Waals surface area contributed by atoms with Crippen LogP contribution in [0.4, 0.5) is 4.39 Å². The topological polar surface area (TPSA) is 31.2 Å². The molecule has 0 saturated carbocycles. The number of esters is 1. The first-order valence-corrected chi connectivity index (χ1v) is 7.88. The van der Waals surface area contributed by atoms with Crippen molar-refractivity contribution >= 4 is 38.5 Å². The number of carbonyl (C=O) groups excluding carboxylic acids is 1. The van der Waals surface area contributed by atoms with E-state index in [0.717, 1.165) is 27.2 Å². The van der Waals surface area contributed by atoms with E-state index in [0.29, 0.717) is 17.6 Å². The number of carbonyl (C=O) groups is 1. The van der Waals surface area contributed by atoms with Crippen LogP contribution in [0.25, 0.3) is 32.6 Å². The van der Waals surface area contributed by atoms with Gasteiger partial charge in [0.25, 0.3) is 0 Å². The Labute approximate surface area is 138 Å². The zero-order valence-electron chi connectivity index (χ0n) is 13.5. The molecule has 0 fully saturated rings. The molecule has 120 valence electrons. The van der Waals surface area contributed by atoms with Gasteiger partial charge in [-0.3, -0.25) is 0 Å². The van der Waals surface area contributed by atoms with Gasteiger partial charge in [-0.2, -0.15) is 0 Å². The first-order valence-electron chi connectivity index (χ1n) is 7.88. The van der Waals surface area contributed by atoms with Gasteiger partial charge >= 0.3 is 5.97 Å². The molecule has 0 N–H and O–H groups in total. The van der Waals surface area contributed by atoms with E-state index < -0.39 is 0 Å². The molecule has 0 saturated heterocycles. The Kier molecular flexibility index (Phi) is 3.27. The van der Waals surface area contributed by atoms with Crippen molar-refractivity contribution in [2.45, 2.75) is 6.92 Å². The average Bonchev–Trinajstić information content (AvgIpc) is 2.88. The summed E-state index contributed by atoms with van der Waals surface area (Å²) in [6.45, 7) is 2.07. The molecule has 0 radical (unpaired) electrons. The maximum Gasteiger partial charge on any atom is 0.338 e. The molecule has 0 unspecified atom stereocenters. The first kappa shape index (κ1) is 14.7. The van der Waals surface area contributed by atoms with Crippen molar-refractivity contribution in [2.75, 3.05) is 6.61 Å². The molecule has 4 rings (SSSR count). The third-order valence-corrected chi connectivity index (χ3v) is 4.44. The predicted octanol–water partition coefficient (Wildman–Crippen LogP) is 4.80. The highest BCUT2D eigenvalue weighted by molar-refractivity contribution is 6.24. The Morgan fingerprint density at radius 2 is 1.92 bits per heavy atom. The molecule has 0 amide bonds. The van der Waals surface area contributed by atoms with Crippen LogP contribution in [0.5, 0.6) is 0 Å². The van der Waals surface area contributed by atoms with E-state index in [1.807, 2.05) is 35.9 Å². The van der Waals surface area contributed by atoms with Crippen molar-refractivity contribution in [1.82, 2.24) is 4.57 Å². The Bertz CT molecular complexity index is 1110. The Balaban J connectivity index is 2.26. The van der Waals surface area contributed by atoms with Gasteiger partial charge in [0.1, 0.15) is 5.82 Å². The van der Waals surface area contributed by atoms with E-state index >= 15 is 0 Å². The van der Waals surface area contributed by atoms with E-state index in [2.05, 4.69) is 0 Å². The zero-order valence-corrected chi connectivity index (χ0v) is 13.5. The number of ether oxygens (including phenoxy) is 1. The van der Waals surface area contributed by atoms with Crippen molar-refractivity contribution < 1.29 is 13.9 Å². The fourth-order valence-corrected chi connectivity index (χ4v) is 3.45. The molecule has 0 atom stereocenters. The molecule has 0 aliphatic heterocycles. The second-order valence-electron chi connectivity index (χ2n) is 5.81. The number of fused-ring (bicyclic) bond motifs is 5. The lowest BCUT2D eigenvalue weighted by atomic mass is 10.00. The smallest absolute Gasteiger partial charge is 0.338 e. The maximum absolute atomic E-state index is 13.7. The molecule has 0 bridgehead atoms. The normalized spacial score (nSPS) is 11.5. The Morgan fingerprint density at radius 1 is 1.12 bits per heavy atom. The van der Waals surface area contributed by atoms with Crippen LogP contribution in [-0.2, 0) is 11.8 Å². The molecule has 0 aliphatic rings. The lowest BCUT2D eigenvalue weighted by Gasteiger charge is -2.09. The zero-order chi connectivity index (χ0) is 16.8. The standard InChI is InChI=1S/C20H16FNO2/c1-3-24-20(23)16-11-12-10-13(21)8-9-14(12)19-18(16)15-6-4-5-7-17(15)22(19)2/h4-11H,3H2,1-2H3. The van der Waals surface area contributed by atoms with Crippen LogP contribution in [-0.4, -0.2) is 17.1 Å². The fourth-order valence-electron chi connectivity index (χ4n) is 3.45. The second kappa shape index (κ2) is 5.34. The molecule has 0 spiro atoms. The van der Waals surface area contributed by atoms with Gasteiger partial charge in [-0.05, 0) is 42.6 Å². The van der Waals surface area contributed by atoms with Crippen molar-refractivity contribution in [3.8, 4) is 0 Å². The molecule has 1 aromatic heterocycles. The van der Waals surface area contributed by atoms with Crippen LogP contribution in [0.3, 0.4) is 0 Å². The number of hydrogen-bond acceptors (Lipinski definition) is 2. The number of rotatable bonds is 2. The largest absolute Gasteiger partial charge is 0.462 e. The highest BCUT2D eigenvalue weighted by Gasteiger charge is 2.20. The summed E-state index contributed by atoms with van der Waals surface area (Å²) >= 11 is 0. The summed E-state index contributed by atoms with van der Waals surface area (Å²) in [4.78, 5) is 12.5. The molecule has 1 heterocycles. The monoisotopic (exact) mass is 321 g/mol. The van der Waals surface area contributed by atoms with Gasteiger partial charge in [0, 0.05) is 28.7 Å². The summed E-state index contributed by atoms with van der Waals surface area (Å²) in [5.74, 6) is -0.708. The minimum atomic E-state index is -0.384.